The van der Waals surface area contributed by atoms with Gasteiger partial charge in [0, 0.05) is 30.5 Å². The molecule has 0 bridgehead atoms. The monoisotopic (exact) mass is 472 g/mol. The molecule has 1 saturated heterocycles. The summed E-state index contributed by atoms with van der Waals surface area (Å²) in [5.74, 6) is -0.838. The van der Waals surface area contributed by atoms with Gasteiger partial charge >= 0.3 is 12.1 Å². The van der Waals surface area contributed by atoms with Gasteiger partial charge in [0.25, 0.3) is 11.9 Å². The minimum absolute atomic E-state index is 0.200. The number of aromatic nitrogens is 4. The lowest BCUT2D eigenvalue weighted by Crippen LogP contribution is -2.45. The van der Waals surface area contributed by atoms with Crippen LogP contribution in [0.3, 0.4) is 0 Å². The number of amides is 2. The first-order valence-corrected chi connectivity index (χ1v) is 11.2. The van der Waals surface area contributed by atoms with E-state index in [4.69, 9.17) is 9.47 Å². The van der Waals surface area contributed by atoms with E-state index in [2.05, 4.69) is 20.4 Å². The number of rotatable bonds is 5. The van der Waals surface area contributed by atoms with Crippen LogP contribution >= 0.6 is 0 Å². The zero-order chi connectivity index (χ0) is 25.0. The number of carbonyl (C=O) groups excluding carboxylic acids is 3. The fourth-order valence-electron chi connectivity index (χ4n) is 3.64. The Balaban J connectivity index is 1.57. The van der Waals surface area contributed by atoms with Gasteiger partial charge in [-0.2, -0.15) is 9.78 Å². The first-order valence-electron chi connectivity index (χ1n) is 11.2. The second-order valence-corrected chi connectivity index (χ2v) is 9.45. The number of carbonyl (C=O) groups is 3. The van der Waals surface area contributed by atoms with Crippen LogP contribution in [0.4, 0.5) is 10.6 Å². The Morgan fingerprint density at radius 3 is 2.41 bits per heavy atom. The molecule has 2 aromatic rings. The Morgan fingerprint density at radius 1 is 1.09 bits per heavy atom. The highest BCUT2D eigenvalue weighted by Gasteiger charge is 2.32. The van der Waals surface area contributed by atoms with Crippen LogP contribution in [-0.4, -0.2) is 67.9 Å². The number of hydrogen-bond donors (Lipinski definition) is 1. The van der Waals surface area contributed by atoms with Crippen molar-refractivity contribution in [2.75, 3.05) is 25.0 Å². The summed E-state index contributed by atoms with van der Waals surface area (Å²) in [5, 5.41) is 7.05. The molecule has 11 heteroatoms. The first kappa shape index (κ1) is 25.1. The van der Waals surface area contributed by atoms with E-state index in [0.29, 0.717) is 36.8 Å². The van der Waals surface area contributed by atoms with Crippen LogP contribution in [0.2, 0.25) is 0 Å². The Bertz CT molecular complexity index is 1050. The number of nitrogens with one attached hydrogen (secondary N) is 1. The fourth-order valence-corrected chi connectivity index (χ4v) is 3.64. The molecule has 1 aliphatic heterocycles. The second-order valence-electron chi connectivity index (χ2n) is 9.45. The Hall–Kier alpha value is -3.50. The summed E-state index contributed by atoms with van der Waals surface area (Å²) in [6.45, 7) is 11.1. The summed E-state index contributed by atoms with van der Waals surface area (Å²) in [5.41, 5.74) is 1.60. The van der Waals surface area contributed by atoms with Crippen LogP contribution in [0.25, 0.3) is 5.95 Å². The molecule has 3 rings (SSSR count). The molecule has 0 saturated carbocycles. The number of nitrogens with zero attached hydrogens (tertiary/aromatic N) is 5. The van der Waals surface area contributed by atoms with Gasteiger partial charge in [0.15, 0.2) is 6.61 Å². The third-order valence-electron chi connectivity index (χ3n) is 5.01. The summed E-state index contributed by atoms with van der Waals surface area (Å²) >= 11 is 0. The van der Waals surface area contributed by atoms with Crippen molar-refractivity contribution in [2.24, 2.45) is 5.92 Å². The minimum atomic E-state index is -0.615. The molecule has 0 radical (unpaired) electrons. The number of esters is 1. The highest BCUT2D eigenvalue weighted by molar-refractivity contribution is 5.92. The van der Waals surface area contributed by atoms with Gasteiger partial charge < -0.3 is 19.7 Å². The second kappa shape index (κ2) is 10.2. The van der Waals surface area contributed by atoms with Crippen molar-refractivity contribution in [2.45, 2.75) is 60.0 Å². The molecule has 2 amide bonds. The van der Waals surface area contributed by atoms with Crippen LogP contribution in [0.1, 0.15) is 50.7 Å². The number of hydrogen-bond acceptors (Lipinski definition) is 8. The molecule has 3 heterocycles. The normalized spacial score (nSPS) is 16.2. The highest BCUT2D eigenvalue weighted by Crippen LogP contribution is 2.21. The number of anilines is 1. The number of aryl methyl sites for hydroxylation is 3. The number of ether oxygens (including phenoxy) is 2. The van der Waals surface area contributed by atoms with Gasteiger partial charge in [0.1, 0.15) is 11.4 Å². The lowest BCUT2D eigenvalue weighted by atomic mass is 9.98. The average molecular weight is 473 g/mol. The maximum atomic E-state index is 12.6. The van der Waals surface area contributed by atoms with E-state index in [0.717, 1.165) is 11.4 Å². The van der Waals surface area contributed by atoms with Gasteiger partial charge in [-0.15, -0.1) is 0 Å². The topological polar surface area (TPSA) is 129 Å². The van der Waals surface area contributed by atoms with Crippen LogP contribution in [-0.2, 0) is 19.1 Å². The predicted molar refractivity (Wildman–Crippen MR) is 123 cm³/mol. The quantitative estimate of drug-likeness (QED) is 0.658. The summed E-state index contributed by atoms with van der Waals surface area (Å²) < 4.78 is 12.1. The van der Waals surface area contributed by atoms with Crippen molar-refractivity contribution >= 4 is 23.8 Å². The van der Waals surface area contributed by atoms with Crippen molar-refractivity contribution in [3.05, 3.63) is 29.2 Å². The predicted octanol–water partition coefficient (Wildman–Crippen LogP) is 2.72. The summed E-state index contributed by atoms with van der Waals surface area (Å²) in [7, 11) is 0. The lowest BCUT2D eigenvalue weighted by molar-refractivity contribution is -0.153. The third kappa shape index (κ3) is 6.75. The molecule has 184 valence electrons. The van der Waals surface area contributed by atoms with Gasteiger partial charge in [-0.05, 0) is 60.5 Å². The van der Waals surface area contributed by atoms with Crippen molar-refractivity contribution in [1.29, 1.82) is 0 Å². The molecule has 1 aliphatic rings. The maximum Gasteiger partial charge on any atom is 0.410 e. The van der Waals surface area contributed by atoms with Crippen molar-refractivity contribution < 1.29 is 23.9 Å². The zero-order valence-electron chi connectivity index (χ0n) is 20.5. The fraction of sp³-hybridized carbons (Fsp3) is 0.565. The molecular weight excluding hydrogens is 440 g/mol. The Kier molecular flexibility index (Phi) is 7.53. The van der Waals surface area contributed by atoms with Gasteiger partial charge in [0.05, 0.1) is 11.6 Å². The largest absolute Gasteiger partial charge is 0.455 e. The summed E-state index contributed by atoms with van der Waals surface area (Å²) in [4.78, 5) is 47.6. The van der Waals surface area contributed by atoms with E-state index in [1.165, 1.54) is 9.58 Å². The summed E-state index contributed by atoms with van der Waals surface area (Å²) in [6, 6.07) is 3.52. The SMILES string of the molecule is Cc1cc(C)nc(-n2nc(C)cc2NC(=O)COC(=O)C2CCCN(C(=O)OC(C)(C)C)C2)n1. The van der Waals surface area contributed by atoms with Crippen LogP contribution < -0.4 is 5.32 Å². The Labute approximate surface area is 198 Å². The van der Waals surface area contributed by atoms with Crippen molar-refractivity contribution in [1.82, 2.24) is 24.6 Å². The molecule has 11 nitrogen and oxygen atoms in total. The van der Waals surface area contributed by atoms with Gasteiger partial charge in [-0.3, -0.25) is 9.59 Å². The molecule has 0 spiro atoms. The minimum Gasteiger partial charge on any atom is -0.455 e. The molecule has 0 aromatic carbocycles. The van der Waals surface area contributed by atoms with Crippen LogP contribution in [0.5, 0.6) is 0 Å². The van der Waals surface area contributed by atoms with Gasteiger partial charge in [0.2, 0.25) is 0 Å². The highest BCUT2D eigenvalue weighted by atomic mass is 16.6. The molecule has 1 atom stereocenters. The molecule has 1 unspecified atom stereocenters. The molecule has 0 aliphatic carbocycles. The average Bonchev–Trinajstić information content (AvgIpc) is 3.10. The van der Waals surface area contributed by atoms with E-state index >= 15 is 0 Å². The van der Waals surface area contributed by atoms with E-state index < -0.39 is 36.1 Å². The molecule has 2 aromatic heterocycles. The number of piperidine rings is 1. The van der Waals surface area contributed by atoms with Crippen molar-refractivity contribution in [3.8, 4) is 5.95 Å². The maximum absolute atomic E-state index is 12.6. The number of likely N-dealkylation sites (tertiary alicyclic amines) is 1. The molecule has 1 fully saturated rings. The summed E-state index contributed by atoms with van der Waals surface area (Å²) in [6.07, 6.45) is 0.773. The van der Waals surface area contributed by atoms with Crippen LogP contribution in [0.15, 0.2) is 12.1 Å². The van der Waals surface area contributed by atoms with Crippen LogP contribution in [0, 0.1) is 26.7 Å². The van der Waals surface area contributed by atoms with E-state index in [-0.39, 0.29) is 6.54 Å². The van der Waals surface area contributed by atoms with Gasteiger partial charge in [-0.25, -0.2) is 14.8 Å². The van der Waals surface area contributed by atoms with E-state index in [9.17, 15) is 14.4 Å². The first-order chi connectivity index (χ1) is 15.9. The molecular formula is C23H32N6O5. The standard InChI is InChI=1S/C23H32N6O5/c1-14-10-15(2)25-21(24-14)29-18(11-16(3)27-29)26-19(30)13-33-20(31)17-8-7-9-28(12-17)22(32)34-23(4,5)6/h10-11,17H,7-9,12-13H2,1-6H3,(H,26,30). The van der Waals surface area contributed by atoms with Gasteiger partial charge in [-0.1, -0.05) is 0 Å². The molecule has 1 N–H and O–H groups in total. The smallest absolute Gasteiger partial charge is 0.410 e. The van der Waals surface area contributed by atoms with Crippen molar-refractivity contribution in [3.63, 3.8) is 0 Å². The van der Waals surface area contributed by atoms with E-state index in [1.807, 2.05) is 19.9 Å². The Morgan fingerprint density at radius 2 is 1.76 bits per heavy atom. The van der Waals surface area contributed by atoms with E-state index in [1.54, 1.807) is 33.8 Å². The zero-order valence-corrected chi connectivity index (χ0v) is 20.5. The molecule has 34 heavy (non-hydrogen) atoms. The third-order valence-corrected chi connectivity index (χ3v) is 5.01. The lowest BCUT2D eigenvalue weighted by Gasteiger charge is -2.33.